The Bertz CT molecular complexity index is 1050. The van der Waals surface area contributed by atoms with Crippen molar-refractivity contribution in [1.82, 2.24) is 10.6 Å². The van der Waals surface area contributed by atoms with Gasteiger partial charge in [-0.15, -0.1) is 0 Å². The van der Waals surface area contributed by atoms with Gasteiger partial charge in [0.25, 0.3) is 0 Å². The van der Waals surface area contributed by atoms with Crippen LogP contribution in [0.5, 0.6) is 0 Å². The molecule has 0 aromatic heterocycles. The standard InChI is InChI=1S/C28H34N2O5/c1-3-9-24(25(31)32)29-26(33)28(15-8-10-18(2)16-28)30-27(34)35-17-23-21-13-6-4-11-19(21)20-12-5-7-14-22(20)23/h4-7,11-14,18,23-24H,3,8-10,15-17H2,1-2H3,(H,29,33)(H,30,34)(H,31,32)/t18?,24-,28?/m1/s1. The summed E-state index contributed by atoms with van der Waals surface area (Å²) in [5.74, 6) is -1.37. The summed E-state index contributed by atoms with van der Waals surface area (Å²) in [6.07, 6.45) is 2.92. The molecule has 0 spiro atoms. The van der Waals surface area contributed by atoms with Gasteiger partial charge in [0.05, 0.1) is 0 Å². The number of amides is 2. The molecule has 2 aromatic carbocycles. The molecule has 1 saturated carbocycles. The number of hydrogen-bond acceptors (Lipinski definition) is 4. The number of carbonyl (C=O) groups is 3. The van der Waals surface area contributed by atoms with E-state index in [4.69, 9.17) is 4.74 Å². The van der Waals surface area contributed by atoms with E-state index in [1.807, 2.05) is 38.1 Å². The van der Waals surface area contributed by atoms with Crippen LogP contribution in [0.15, 0.2) is 48.5 Å². The Morgan fingerprint density at radius 1 is 1.09 bits per heavy atom. The van der Waals surface area contributed by atoms with Crippen LogP contribution in [0.25, 0.3) is 11.1 Å². The number of carboxylic acid groups (broad SMARTS) is 1. The lowest BCUT2D eigenvalue weighted by atomic mass is 9.75. The number of fused-ring (bicyclic) bond motifs is 3. The lowest BCUT2D eigenvalue weighted by Gasteiger charge is -2.39. The van der Waals surface area contributed by atoms with Crippen LogP contribution in [0.2, 0.25) is 0 Å². The molecule has 0 bridgehead atoms. The van der Waals surface area contributed by atoms with Crippen molar-refractivity contribution in [2.24, 2.45) is 5.92 Å². The molecule has 0 radical (unpaired) electrons. The van der Waals surface area contributed by atoms with Gasteiger partial charge in [-0.05, 0) is 47.4 Å². The van der Waals surface area contributed by atoms with Crippen molar-refractivity contribution in [3.8, 4) is 11.1 Å². The Hall–Kier alpha value is -3.35. The molecule has 35 heavy (non-hydrogen) atoms. The quantitative estimate of drug-likeness (QED) is 0.503. The van der Waals surface area contributed by atoms with E-state index in [-0.39, 0.29) is 18.4 Å². The minimum Gasteiger partial charge on any atom is -0.480 e. The SMILES string of the molecule is CCC[C@@H](NC(=O)C1(NC(=O)OCC2c3ccccc3-c3ccccc32)CCCC(C)C1)C(=O)O. The maximum absolute atomic E-state index is 13.3. The summed E-state index contributed by atoms with van der Waals surface area (Å²) in [7, 11) is 0. The van der Waals surface area contributed by atoms with E-state index in [2.05, 4.69) is 34.9 Å². The topological polar surface area (TPSA) is 105 Å². The van der Waals surface area contributed by atoms with Gasteiger partial charge in [0.2, 0.25) is 5.91 Å². The van der Waals surface area contributed by atoms with E-state index in [1.54, 1.807) is 0 Å². The fourth-order valence-electron chi connectivity index (χ4n) is 5.60. The molecular formula is C28H34N2O5. The third kappa shape index (κ3) is 5.19. The van der Waals surface area contributed by atoms with Crippen LogP contribution in [0, 0.1) is 5.92 Å². The number of aliphatic carboxylic acids is 1. The van der Waals surface area contributed by atoms with Gasteiger partial charge in [-0.3, -0.25) is 4.79 Å². The minimum absolute atomic E-state index is 0.0795. The molecule has 2 amide bonds. The third-order valence-electron chi connectivity index (χ3n) is 7.30. The Labute approximate surface area is 206 Å². The van der Waals surface area contributed by atoms with Crippen molar-refractivity contribution >= 4 is 18.0 Å². The summed E-state index contributed by atoms with van der Waals surface area (Å²) in [5.41, 5.74) is 3.34. The Balaban J connectivity index is 1.48. The molecule has 186 valence electrons. The average molecular weight is 479 g/mol. The molecule has 7 heteroatoms. The zero-order valence-electron chi connectivity index (χ0n) is 20.4. The number of carbonyl (C=O) groups excluding carboxylic acids is 2. The summed E-state index contributed by atoms with van der Waals surface area (Å²) < 4.78 is 5.71. The monoisotopic (exact) mass is 478 g/mol. The Morgan fingerprint density at radius 3 is 2.29 bits per heavy atom. The normalized spacial score (nSPS) is 21.9. The number of carboxylic acids is 1. The van der Waals surface area contributed by atoms with Crippen molar-refractivity contribution in [3.63, 3.8) is 0 Å². The average Bonchev–Trinajstić information content (AvgIpc) is 3.16. The van der Waals surface area contributed by atoms with Crippen LogP contribution in [0.1, 0.15) is 69.4 Å². The summed E-state index contributed by atoms with van der Waals surface area (Å²) in [6, 6.07) is 15.2. The molecule has 0 aliphatic heterocycles. The van der Waals surface area contributed by atoms with Crippen molar-refractivity contribution in [3.05, 3.63) is 59.7 Å². The van der Waals surface area contributed by atoms with Crippen LogP contribution in [-0.2, 0) is 14.3 Å². The van der Waals surface area contributed by atoms with E-state index in [0.717, 1.165) is 35.1 Å². The van der Waals surface area contributed by atoms with Gasteiger partial charge in [0.15, 0.2) is 0 Å². The first kappa shape index (κ1) is 24.8. The summed E-state index contributed by atoms with van der Waals surface area (Å²) in [6.45, 7) is 4.07. The van der Waals surface area contributed by atoms with Crippen LogP contribution in [0.4, 0.5) is 4.79 Å². The van der Waals surface area contributed by atoms with E-state index < -0.39 is 29.6 Å². The molecule has 3 atom stereocenters. The van der Waals surface area contributed by atoms with Crippen LogP contribution >= 0.6 is 0 Å². The van der Waals surface area contributed by atoms with E-state index in [1.165, 1.54) is 0 Å². The number of alkyl carbamates (subject to hydrolysis) is 1. The molecule has 7 nitrogen and oxygen atoms in total. The zero-order chi connectivity index (χ0) is 25.0. The highest BCUT2D eigenvalue weighted by Gasteiger charge is 2.44. The molecule has 2 aliphatic carbocycles. The molecular weight excluding hydrogens is 444 g/mol. The predicted octanol–water partition coefficient (Wildman–Crippen LogP) is 4.84. The second kappa shape index (κ2) is 10.5. The lowest BCUT2D eigenvalue weighted by molar-refractivity contribution is -0.143. The second-order valence-electron chi connectivity index (χ2n) is 9.89. The molecule has 3 N–H and O–H groups in total. The maximum atomic E-state index is 13.3. The summed E-state index contributed by atoms with van der Waals surface area (Å²) in [5, 5.41) is 15.0. The molecule has 1 fully saturated rings. The van der Waals surface area contributed by atoms with Gasteiger partial charge >= 0.3 is 12.1 Å². The van der Waals surface area contributed by atoms with Crippen molar-refractivity contribution in [2.45, 2.75) is 69.9 Å². The predicted molar refractivity (Wildman–Crippen MR) is 133 cm³/mol. The number of ether oxygens (including phenoxy) is 1. The van der Waals surface area contributed by atoms with Gasteiger partial charge in [0, 0.05) is 5.92 Å². The third-order valence-corrected chi connectivity index (χ3v) is 7.30. The highest BCUT2D eigenvalue weighted by molar-refractivity contribution is 5.93. The second-order valence-corrected chi connectivity index (χ2v) is 9.89. The van der Waals surface area contributed by atoms with E-state index in [9.17, 15) is 19.5 Å². The minimum atomic E-state index is -1.18. The molecule has 2 aromatic rings. The summed E-state index contributed by atoms with van der Waals surface area (Å²) in [4.78, 5) is 38.0. The Morgan fingerprint density at radius 2 is 1.71 bits per heavy atom. The van der Waals surface area contributed by atoms with Gasteiger partial charge in [-0.2, -0.15) is 0 Å². The van der Waals surface area contributed by atoms with Crippen LogP contribution in [-0.4, -0.2) is 41.3 Å². The molecule has 2 aliphatic rings. The number of rotatable bonds is 8. The van der Waals surface area contributed by atoms with Gasteiger partial charge in [-0.25, -0.2) is 9.59 Å². The van der Waals surface area contributed by atoms with Gasteiger partial charge in [0.1, 0.15) is 18.2 Å². The fourth-order valence-corrected chi connectivity index (χ4v) is 5.60. The smallest absolute Gasteiger partial charge is 0.408 e. The Kier molecular flexibility index (Phi) is 7.43. The van der Waals surface area contributed by atoms with Crippen LogP contribution < -0.4 is 10.6 Å². The lowest BCUT2D eigenvalue weighted by Crippen LogP contribution is -2.62. The molecule has 2 unspecified atom stereocenters. The highest BCUT2D eigenvalue weighted by atomic mass is 16.5. The molecule has 4 rings (SSSR count). The van der Waals surface area contributed by atoms with E-state index >= 15 is 0 Å². The number of nitrogens with one attached hydrogen (secondary N) is 2. The number of hydrogen-bond donors (Lipinski definition) is 3. The van der Waals surface area contributed by atoms with Crippen molar-refractivity contribution in [2.75, 3.05) is 6.61 Å². The first-order chi connectivity index (χ1) is 16.8. The molecule has 0 saturated heterocycles. The highest BCUT2D eigenvalue weighted by Crippen LogP contribution is 2.44. The number of benzene rings is 2. The van der Waals surface area contributed by atoms with Gasteiger partial charge < -0.3 is 20.5 Å². The van der Waals surface area contributed by atoms with Gasteiger partial charge in [-0.1, -0.05) is 81.6 Å². The first-order valence-electron chi connectivity index (χ1n) is 12.5. The zero-order valence-corrected chi connectivity index (χ0v) is 20.4. The van der Waals surface area contributed by atoms with Crippen LogP contribution in [0.3, 0.4) is 0 Å². The van der Waals surface area contributed by atoms with Crippen molar-refractivity contribution < 1.29 is 24.2 Å². The largest absolute Gasteiger partial charge is 0.480 e. The summed E-state index contributed by atoms with van der Waals surface area (Å²) >= 11 is 0. The maximum Gasteiger partial charge on any atom is 0.408 e. The first-order valence-corrected chi connectivity index (χ1v) is 12.5. The molecule has 0 heterocycles. The van der Waals surface area contributed by atoms with Crippen molar-refractivity contribution in [1.29, 1.82) is 0 Å². The fraction of sp³-hybridized carbons (Fsp3) is 0.464. The van der Waals surface area contributed by atoms with E-state index in [0.29, 0.717) is 25.7 Å².